The molecule has 0 saturated carbocycles. The van der Waals surface area contributed by atoms with E-state index in [2.05, 4.69) is 5.32 Å². The van der Waals surface area contributed by atoms with Gasteiger partial charge in [-0.05, 0) is 31.5 Å². The molecule has 23 heavy (non-hydrogen) atoms. The fraction of sp³-hybridized carbons (Fsp3) is 0.625. The lowest BCUT2D eigenvalue weighted by Crippen LogP contribution is -2.49. The lowest BCUT2D eigenvalue weighted by atomic mass is 10.2. The third kappa shape index (κ3) is 5.46. The number of hydrogen-bond donors (Lipinski definition) is 1. The summed E-state index contributed by atoms with van der Waals surface area (Å²) in [5, 5.41) is 3.18. The fourth-order valence-electron chi connectivity index (χ4n) is 2.66. The van der Waals surface area contributed by atoms with Gasteiger partial charge in [0.2, 0.25) is 10.0 Å². The van der Waals surface area contributed by atoms with Crippen LogP contribution in [0.2, 0.25) is 0 Å². The van der Waals surface area contributed by atoms with Crippen molar-refractivity contribution < 1.29 is 17.9 Å². The van der Waals surface area contributed by atoms with Gasteiger partial charge in [0, 0.05) is 26.2 Å². The number of benzene rings is 1. The van der Waals surface area contributed by atoms with Crippen LogP contribution >= 0.6 is 0 Å². The van der Waals surface area contributed by atoms with Crippen molar-refractivity contribution in [1.82, 2.24) is 9.62 Å². The van der Waals surface area contributed by atoms with Gasteiger partial charge in [-0.3, -0.25) is 0 Å². The lowest BCUT2D eigenvalue weighted by molar-refractivity contribution is -0.0440. The van der Waals surface area contributed by atoms with Gasteiger partial charge in [-0.25, -0.2) is 8.42 Å². The smallest absolute Gasteiger partial charge is 0.215 e. The van der Waals surface area contributed by atoms with Gasteiger partial charge in [-0.15, -0.1) is 0 Å². The van der Waals surface area contributed by atoms with E-state index < -0.39 is 10.0 Å². The van der Waals surface area contributed by atoms with Crippen molar-refractivity contribution in [3.05, 3.63) is 29.8 Å². The van der Waals surface area contributed by atoms with Crippen molar-refractivity contribution in [3.8, 4) is 5.75 Å². The van der Waals surface area contributed by atoms with E-state index in [0.29, 0.717) is 26.2 Å². The van der Waals surface area contributed by atoms with Crippen LogP contribution in [0, 0.1) is 0 Å². The second-order valence-electron chi connectivity index (χ2n) is 5.92. The first-order valence-corrected chi connectivity index (χ1v) is 9.48. The van der Waals surface area contributed by atoms with Crippen molar-refractivity contribution in [1.29, 1.82) is 0 Å². The van der Waals surface area contributed by atoms with Gasteiger partial charge >= 0.3 is 0 Å². The first kappa shape index (κ1) is 18.2. The van der Waals surface area contributed by atoms with Crippen LogP contribution in [0.3, 0.4) is 0 Å². The SMILES string of the molecule is COc1ccc(CNCCS(=O)(=O)N2C[C@H](C)O[C@@H](C)C2)cc1. The first-order valence-electron chi connectivity index (χ1n) is 7.87. The molecule has 6 nitrogen and oxygen atoms in total. The first-order chi connectivity index (χ1) is 10.9. The Kier molecular flexibility index (Phi) is 6.41. The van der Waals surface area contributed by atoms with Gasteiger partial charge < -0.3 is 14.8 Å². The summed E-state index contributed by atoms with van der Waals surface area (Å²) in [5.41, 5.74) is 1.09. The molecule has 1 N–H and O–H groups in total. The standard InChI is InChI=1S/C16H26N2O4S/c1-13-11-18(12-14(2)22-13)23(19,20)9-8-17-10-15-4-6-16(21-3)7-5-15/h4-7,13-14,17H,8-12H2,1-3H3/t13-,14-/m0/s1. The minimum absolute atomic E-state index is 0.0548. The van der Waals surface area contributed by atoms with Gasteiger partial charge in [-0.1, -0.05) is 12.1 Å². The lowest BCUT2D eigenvalue weighted by Gasteiger charge is -2.34. The van der Waals surface area contributed by atoms with E-state index in [1.807, 2.05) is 38.1 Å². The topological polar surface area (TPSA) is 67.9 Å². The number of nitrogens with one attached hydrogen (secondary N) is 1. The van der Waals surface area contributed by atoms with E-state index in [4.69, 9.17) is 9.47 Å². The predicted molar refractivity (Wildman–Crippen MR) is 90.1 cm³/mol. The molecule has 7 heteroatoms. The molecule has 1 aromatic rings. The monoisotopic (exact) mass is 342 g/mol. The molecule has 1 aromatic carbocycles. The van der Waals surface area contributed by atoms with Crippen LogP contribution in [0.1, 0.15) is 19.4 Å². The highest BCUT2D eigenvalue weighted by atomic mass is 32.2. The molecule has 2 atom stereocenters. The molecule has 0 aromatic heterocycles. The largest absolute Gasteiger partial charge is 0.497 e. The Morgan fingerprint density at radius 1 is 1.22 bits per heavy atom. The Balaban J connectivity index is 1.78. The maximum atomic E-state index is 12.4. The van der Waals surface area contributed by atoms with E-state index >= 15 is 0 Å². The second-order valence-corrected chi connectivity index (χ2v) is 8.00. The summed E-state index contributed by atoms with van der Waals surface area (Å²) in [5.74, 6) is 0.912. The van der Waals surface area contributed by atoms with E-state index in [1.165, 1.54) is 0 Å². The Bertz CT molecular complexity index is 579. The van der Waals surface area contributed by atoms with Crippen LogP contribution in [-0.2, 0) is 21.3 Å². The summed E-state index contributed by atoms with van der Waals surface area (Å²) >= 11 is 0. The normalized spacial score (nSPS) is 22.9. The Labute approximate surface area is 138 Å². The Hall–Kier alpha value is -1.15. The molecule has 0 aliphatic carbocycles. The van der Waals surface area contributed by atoms with E-state index in [-0.39, 0.29) is 18.0 Å². The number of methoxy groups -OCH3 is 1. The van der Waals surface area contributed by atoms with Crippen molar-refractivity contribution in [2.75, 3.05) is 32.5 Å². The molecule has 0 amide bonds. The van der Waals surface area contributed by atoms with E-state index in [0.717, 1.165) is 11.3 Å². The Morgan fingerprint density at radius 3 is 2.39 bits per heavy atom. The number of nitrogens with zero attached hydrogens (tertiary/aromatic N) is 1. The molecule has 1 aliphatic heterocycles. The molecule has 0 radical (unpaired) electrons. The van der Waals surface area contributed by atoms with Gasteiger partial charge in [0.15, 0.2) is 0 Å². The van der Waals surface area contributed by atoms with E-state index in [9.17, 15) is 8.42 Å². The summed E-state index contributed by atoms with van der Waals surface area (Å²) in [7, 11) is -1.61. The van der Waals surface area contributed by atoms with E-state index in [1.54, 1.807) is 11.4 Å². The summed E-state index contributed by atoms with van der Waals surface area (Å²) in [6, 6.07) is 7.71. The fourth-order valence-corrected chi connectivity index (χ4v) is 4.20. The molecule has 0 bridgehead atoms. The van der Waals surface area contributed by atoms with Gasteiger partial charge in [0.1, 0.15) is 5.75 Å². The average molecular weight is 342 g/mol. The van der Waals surface area contributed by atoms with Crippen LogP contribution in [-0.4, -0.2) is 57.4 Å². The molecular formula is C16H26N2O4S. The number of sulfonamides is 1. The van der Waals surface area contributed by atoms with Gasteiger partial charge in [0.05, 0.1) is 25.1 Å². The third-order valence-electron chi connectivity index (χ3n) is 3.80. The van der Waals surface area contributed by atoms with Crippen molar-refractivity contribution in [2.24, 2.45) is 0 Å². The highest BCUT2D eigenvalue weighted by Crippen LogP contribution is 2.15. The molecule has 0 unspecified atom stereocenters. The number of morpholine rings is 1. The highest BCUT2D eigenvalue weighted by Gasteiger charge is 2.30. The van der Waals surface area contributed by atoms with Crippen LogP contribution < -0.4 is 10.1 Å². The molecule has 1 aliphatic rings. The van der Waals surface area contributed by atoms with Crippen LogP contribution in [0.25, 0.3) is 0 Å². The third-order valence-corrected chi connectivity index (χ3v) is 5.61. The maximum Gasteiger partial charge on any atom is 0.215 e. The van der Waals surface area contributed by atoms with Crippen molar-refractivity contribution in [2.45, 2.75) is 32.6 Å². The van der Waals surface area contributed by atoms with Gasteiger partial charge in [0.25, 0.3) is 0 Å². The maximum absolute atomic E-state index is 12.4. The minimum Gasteiger partial charge on any atom is -0.497 e. The number of hydrogen-bond acceptors (Lipinski definition) is 5. The highest BCUT2D eigenvalue weighted by molar-refractivity contribution is 7.89. The Morgan fingerprint density at radius 2 is 1.83 bits per heavy atom. The van der Waals surface area contributed by atoms with Crippen molar-refractivity contribution in [3.63, 3.8) is 0 Å². The summed E-state index contributed by atoms with van der Waals surface area (Å²) in [6.45, 7) is 5.74. The summed E-state index contributed by atoms with van der Waals surface area (Å²) < 4.78 is 37.0. The molecular weight excluding hydrogens is 316 g/mol. The van der Waals surface area contributed by atoms with Crippen LogP contribution in [0.15, 0.2) is 24.3 Å². The molecule has 0 spiro atoms. The predicted octanol–water partition coefficient (Wildman–Crippen LogP) is 1.22. The zero-order valence-electron chi connectivity index (χ0n) is 14.0. The molecule has 1 heterocycles. The molecule has 130 valence electrons. The average Bonchev–Trinajstić information content (AvgIpc) is 2.51. The van der Waals surface area contributed by atoms with Crippen LogP contribution in [0.4, 0.5) is 0 Å². The molecule has 1 saturated heterocycles. The number of rotatable bonds is 7. The minimum atomic E-state index is -3.24. The summed E-state index contributed by atoms with van der Waals surface area (Å²) in [4.78, 5) is 0. The van der Waals surface area contributed by atoms with Crippen LogP contribution in [0.5, 0.6) is 5.75 Å². The van der Waals surface area contributed by atoms with Crippen molar-refractivity contribution >= 4 is 10.0 Å². The zero-order chi connectivity index (χ0) is 16.9. The zero-order valence-corrected chi connectivity index (χ0v) is 14.8. The van der Waals surface area contributed by atoms with Gasteiger partial charge in [-0.2, -0.15) is 4.31 Å². The summed E-state index contributed by atoms with van der Waals surface area (Å²) in [6.07, 6.45) is -0.110. The number of ether oxygens (including phenoxy) is 2. The molecule has 2 rings (SSSR count). The molecule has 1 fully saturated rings. The quantitative estimate of drug-likeness (QED) is 0.755. The second kappa shape index (κ2) is 8.10.